The molecular weight excluding hydrogens is 444 g/mol. The van der Waals surface area contributed by atoms with E-state index in [4.69, 9.17) is 4.74 Å². The quantitative estimate of drug-likeness (QED) is 0.546. The number of carbonyl (C=O) groups excluding carboxylic acids is 2. The highest BCUT2D eigenvalue weighted by atomic mass is 16.5. The van der Waals surface area contributed by atoms with Crippen molar-refractivity contribution in [3.05, 3.63) is 105 Å². The number of carbonyl (C=O) groups is 3. The minimum atomic E-state index is -1.01. The number of ether oxygens (including phenoxy) is 1. The molecule has 3 aromatic rings. The van der Waals surface area contributed by atoms with Gasteiger partial charge in [-0.25, -0.2) is 9.59 Å². The first-order valence-electron chi connectivity index (χ1n) is 11.2. The molecule has 7 nitrogen and oxygen atoms in total. The van der Waals surface area contributed by atoms with Crippen LogP contribution in [-0.2, 0) is 9.53 Å². The van der Waals surface area contributed by atoms with E-state index in [1.165, 1.54) is 7.11 Å². The molecule has 176 valence electrons. The lowest BCUT2D eigenvalue weighted by atomic mass is 9.79. The maximum absolute atomic E-state index is 13.6. The SMILES string of the molecule is COC(=O)C1=C(C)NC2=C(C(=O)c3ccccc32)[C@@H]1c1cc(C)n(-c2cccc(C(=O)O)c2)c1C. The van der Waals surface area contributed by atoms with Gasteiger partial charge in [-0.15, -0.1) is 0 Å². The van der Waals surface area contributed by atoms with Gasteiger partial charge in [-0.05, 0) is 50.6 Å². The smallest absolute Gasteiger partial charge is 0.336 e. The van der Waals surface area contributed by atoms with Crippen molar-refractivity contribution in [3.63, 3.8) is 0 Å². The molecule has 0 spiro atoms. The molecule has 0 saturated heterocycles. The number of benzene rings is 2. The van der Waals surface area contributed by atoms with E-state index >= 15 is 0 Å². The summed E-state index contributed by atoms with van der Waals surface area (Å²) in [7, 11) is 1.33. The standard InChI is InChI=1S/C28H24N2O5/c1-14-12-21(16(3)30(14)18-9-7-8-17(13-18)27(32)33)23-22(28(34)35-4)15(2)29-25-19-10-5-6-11-20(19)26(31)24(23)25/h5-13,23,29H,1-4H3,(H,32,33)/t23-/m1/s1. The summed E-state index contributed by atoms with van der Waals surface area (Å²) >= 11 is 0. The van der Waals surface area contributed by atoms with Crippen molar-refractivity contribution < 1.29 is 24.2 Å². The molecule has 5 rings (SSSR count). The number of carboxylic acids is 1. The summed E-state index contributed by atoms with van der Waals surface area (Å²) in [6, 6.07) is 16.0. The van der Waals surface area contributed by atoms with Crippen molar-refractivity contribution in [3.8, 4) is 5.69 Å². The molecule has 1 atom stereocenters. The number of carboxylic acid groups (broad SMARTS) is 1. The third-order valence-electron chi connectivity index (χ3n) is 6.79. The summed E-state index contributed by atoms with van der Waals surface area (Å²) in [6.45, 7) is 5.64. The number of rotatable bonds is 4. The highest BCUT2D eigenvalue weighted by Gasteiger charge is 2.43. The van der Waals surface area contributed by atoms with E-state index in [0.29, 0.717) is 33.8 Å². The number of aromatic carboxylic acids is 1. The number of aryl methyl sites for hydroxylation is 1. The Labute approximate surface area is 202 Å². The van der Waals surface area contributed by atoms with Crippen LogP contribution in [0.25, 0.3) is 11.4 Å². The molecular formula is C28H24N2O5. The van der Waals surface area contributed by atoms with Gasteiger partial charge < -0.3 is 19.7 Å². The van der Waals surface area contributed by atoms with Crippen molar-refractivity contribution in [2.75, 3.05) is 7.11 Å². The number of esters is 1. The molecule has 2 heterocycles. The fourth-order valence-electron chi connectivity index (χ4n) is 5.28. The van der Waals surface area contributed by atoms with Gasteiger partial charge in [0.2, 0.25) is 0 Å². The number of methoxy groups -OCH3 is 1. The molecule has 2 N–H and O–H groups in total. The first kappa shape index (κ1) is 22.4. The van der Waals surface area contributed by atoms with Gasteiger partial charge in [0.25, 0.3) is 0 Å². The first-order valence-corrected chi connectivity index (χ1v) is 11.2. The lowest BCUT2D eigenvalue weighted by Gasteiger charge is -2.29. The number of nitrogens with zero attached hydrogens (tertiary/aromatic N) is 1. The van der Waals surface area contributed by atoms with Crippen molar-refractivity contribution in [1.82, 2.24) is 9.88 Å². The Bertz CT molecular complexity index is 1510. The molecule has 0 bridgehead atoms. The zero-order chi connectivity index (χ0) is 25.0. The molecule has 0 fully saturated rings. The second-order valence-electron chi connectivity index (χ2n) is 8.77. The highest BCUT2D eigenvalue weighted by Crippen LogP contribution is 2.48. The Balaban J connectivity index is 1.74. The summed E-state index contributed by atoms with van der Waals surface area (Å²) in [4.78, 5) is 38.2. The van der Waals surface area contributed by atoms with E-state index in [9.17, 15) is 19.5 Å². The fraction of sp³-hybridized carbons (Fsp3) is 0.179. The number of hydrogen-bond donors (Lipinski definition) is 2. The van der Waals surface area contributed by atoms with Crippen LogP contribution in [0.3, 0.4) is 0 Å². The van der Waals surface area contributed by atoms with E-state index in [2.05, 4.69) is 5.32 Å². The Hall–Kier alpha value is -4.39. The van der Waals surface area contributed by atoms with Gasteiger partial charge >= 0.3 is 11.9 Å². The van der Waals surface area contributed by atoms with Crippen molar-refractivity contribution in [2.24, 2.45) is 0 Å². The third kappa shape index (κ3) is 3.31. The second-order valence-corrected chi connectivity index (χ2v) is 8.77. The Morgan fingerprint density at radius 2 is 1.71 bits per heavy atom. The van der Waals surface area contributed by atoms with E-state index < -0.39 is 17.9 Å². The van der Waals surface area contributed by atoms with Gasteiger partial charge in [-0.1, -0.05) is 30.3 Å². The number of aromatic nitrogens is 1. The monoisotopic (exact) mass is 468 g/mol. The van der Waals surface area contributed by atoms with Crippen molar-refractivity contribution >= 4 is 23.4 Å². The number of allylic oxidation sites excluding steroid dienone is 2. The van der Waals surface area contributed by atoms with Gasteiger partial charge in [-0.3, -0.25) is 4.79 Å². The highest BCUT2D eigenvalue weighted by molar-refractivity contribution is 6.23. The molecule has 1 aliphatic carbocycles. The summed E-state index contributed by atoms with van der Waals surface area (Å²) in [5.41, 5.74) is 6.95. The van der Waals surface area contributed by atoms with Gasteiger partial charge in [0.1, 0.15) is 0 Å². The topological polar surface area (TPSA) is 97.6 Å². The maximum Gasteiger partial charge on any atom is 0.336 e. The zero-order valence-corrected chi connectivity index (χ0v) is 19.8. The Morgan fingerprint density at radius 3 is 2.40 bits per heavy atom. The summed E-state index contributed by atoms with van der Waals surface area (Å²) < 4.78 is 7.08. The molecule has 2 aromatic carbocycles. The summed E-state index contributed by atoms with van der Waals surface area (Å²) in [5, 5.41) is 12.7. The van der Waals surface area contributed by atoms with Crippen LogP contribution in [0, 0.1) is 13.8 Å². The van der Waals surface area contributed by atoms with Crippen LogP contribution in [0.5, 0.6) is 0 Å². The predicted molar refractivity (Wildman–Crippen MR) is 130 cm³/mol. The van der Waals surface area contributed by atoms with E-state index in [1.807, 2.05) is 55.7 Å². The number of dihydropyridines is 1. The minimum absolute atomic E-state index is 0.125. The number of ketones is 1. The lowest BCUT2D eigenvalue weighted by Crippen LogP contribution is -2.29. The normalized spacial score (nSPS) is 16.7. The lowest BCUT2D eigenvalue weighted by molar-refractivity contribution is -0.136. The van der Waals surface area contributed by atoms with Gasteiger partial charge in [0.15, 0.2) is 5.78 Å². The molecule has 0 unspecified atom stereocenters. The van der Waals surface area contributed by atoms with Crippen molar-refractivity contribution in [1.29, 1.82) is 0 Å². The Morgan fingerprint density at radius 1 is 1.00 bits per heavy atom. The number of nitrogens with one attached hydrogen (secondary N) is 1. The van der Waals surface area contributed by atoms with Gasteiger partial charge in [0, 0.05) is 39.5 Å². The average Bonchev–Trinajstić information content (AvgIpc) is 3.30. The predicted octanol–water partition coefficient (Wildman–Crippen LogP) is 4.53. The van der Waals surface area contributed by atoms with Crippen LogP contribution in [0.1, 0.15) is 56.1 Å². The molecule has 0 amide bonds. The van der Waals surface area contributed by atoms with E-state index in [1.54, 1.807) is 24.3 Å². The number of Topliss-reactive ketones (excluding diaryl/α,β-unsaturated/α-hetero) is 1. The second kappa shape index (κ2) is 8.13. The molecule has 1 aromatic heterocycles. The molecule has 0 saturated carbocycles. The van der Waals surface area contributed by atoms with E-state index in [-0.39, 0.29) is 11.3 Å². The summed E-state index contributed by atoms with van der Waals surface area (Å²) in [5.74, 6) is -2.28. The molecule has 35 heavy (non-hydrogen) atoms. The third-order valence-corrected chi connectivity index (χ3v) is 6.79. The minimum Gasteiger partial charge on any atom is -0.478 e. The zero-order valence-electron chi connectivity index (χ0n) is 19.8. The van der Waals surface area contributed by atoms with Crippen LogP contribution in [0.2, 0.25) is 0 Å². The Kier molecular flexibility index (Phi) is 5.20. The number of hydrogen-bond acceptors (Lipinski definition) is 5. The largest absolute Gasteiger partial charge is 0.478 e. The fourth-order valence-corrected chi connectivity index (χ4v) is 5.28. The van der Waals surface area contributed by atoms with Crippen LogP contribution in [0.15, 0.2) is 71.4 Å². The van der Waals surface area contributed by atoms with Gasteiger partial charge in [-0.2, -0.15) is 0 Å². The van der Waals surface area contributed by atoms with Crippen molar-refractivity contribution in [2.45, 2.75) is 26.7 Å². The first-order chi connectivity index (χ1) is 16.7. The van der Waals surface area contributed by atoms with E-state index in [0.717, 1.165) is 22.5 Å². The average molecular weight is 469 g/mol. The van der Waals surface area contributed by atoms with Crippen LogP contribution >= 0.6 is 0 Å². The van der Waals surface area contributed by atoms with Gasteiger partial charge in [0.05, 0.1) is 29.9 Å². The molecule has 1 aliphatic heterocycles. The molecule has 0 radical (unpaired) electrons. The number of fused-ring (bicyclic) bond motifs is 2. The summed E-state index contributed by atoms with van der Waals surface area (Å²) in [6.07, 6.45) is 0. The molecule has 2 aliphatic rings. The van der Waals surface area contributed by atoms with Crippen LogP contribution in [0.4, 0.5) is 0 Å². The van der Waals surface area contributed by atoms with Crippen LogP contribution in [-0.4, -0.2) is 34.5 Å². The van der Waals surface area contributed by atoms with Crippen LogP contribution < -0.4 is 5.32 Å². The maximum atomic E-state index is 13.6. The molecule has 7 heteroatoms.